The van der Waals surface area contributed by atoms with Crippen LogP contribution in [0.25, 0.3) is 11.4 Å². The first-order valence-corrected chi connectivity index (χ1v) is 6.43. The van der Waals surface area contributed by atoms with Gasteiger partial charge in [-0.05, 0) is 12.1 Å². The molecule has 0 bridgehead atoms. The van der Waals surface area contributed by atoms with Gasteiger partial charge in [0.1, 0.15) is 5.69 Å². The van der Waals surface area contributed by atoms with E-state index in [0.29, 0.717) is 6.54 Å². The van der Waals surface area contributed by atoms with Crippen molar-refractivity contribution >= 4 is 17.0 Å². The van der Waals surface area contributed by atoms with E-state index in [2.05, 4.69) is 25.5 Å². The molecule has 0 aliphatic carbocycles. The Morgan fingerprint density at radius 1 is 1.28 bits per heavy atom. The van der Waals surface area contributed by atoms with Gasteiger partial charge in [0.2, 0.25) is 0 Å². The van der Waals surface area contributed by atoms with Crippen molar-refractivity contribution < 1.29 is 0 Å². The lowest BCUT2D eigenvalue weighted by Crippen LogP contribution is -2.00. The van der Waals surface area contributed by atoms with Crippen molar-refractivity contribution in [3.8, 4) is 11.4 Å². The molecule has 90 valence electrons. The summed E-state index contributed by atoms with van der Waals surface area (Å²) in [6.45, 7) is 0.683. The van der Waals surface area contributed by atoms with Gasteiger partial charge < -0.3 is 5.32 Å². The molecular weight excluding hydrogens is 246 g/mol. The number of aromatic nitrogens is 4. The second-order valence-electron chi connectivity index (χ2n) is 3.71. The van der Waals surface area contributed by atoms with E-state index in [1.54, 1.807) is 23.7 Å². The Morgan fingerprint density at radius 3 is 3.06 bits per heavy atom. The Balaban J connectivity index is 1.80. The van der Waals surface area contributed by atoms with Gasteiger partial charge in [0.05, 0.1) is 35.3 Å². The highest BCUT2D eigenvalue weighted by molar-refractivity contribution is 7.07. The molecule has 0 radical (unpaired) electrons. The molecule has 5 nitrogen and oxygen atoms in total. The van der Waals surface area contributed by atoms with Crippen LogP contribution in [0.3, 0.4) is 0 Å². The van der Waals surface area contributed by atoms with Gasteiger partial charge in [0, 0.05) is 11.6 Å². The van der Waals surface area contributed by atoms with Crippen LogP contribution in [0.2, 0.25) is 0 Å². The molecule has 0 atom stereocenters. The van der Waals surface area contributed by atoms with Gasteiger partial charge in [-0.1, -0.05) is 6.07 Å². The Hall–Kier alpha value is -2.21. The minimum atomic E-state index is 0.683. The molecule has 0 saturated carbocycles. The van der Waals surface area contributed by atoms with Gasteiger partial charge in [0.15, 0.2) is 0 Å². The van der Waals surface area contributed by atoms with Crippen LogP contribution in [0, 0.1) is 0 Å². The molecule has 3 aromatic heterocycles. The van der Waals surface area contributed by atoms with Crippen molar-refractivity contribution in [1.29, 1.82) is 0 Å². The molecule has 3 rings (SSSR count). The molecule has 3 aromatic rings. The van der Waals surface area contributed by atoms with Gasteiger partial charge in [-0.3, -0.25) is 10.1 Å². The number of H-pyrrole nitrogens is 1. The molecule has 2 N–H and O–H groups in total. The molecule has 0 aliphatic heterocycles. The van der Waals surface area contributed by atoms with E-state index < -0.39 is 0 Å². The van der Waals surface area contributed by atoms with Crippen molar-refractivity contribution in [1.82, 2.24) is 20.2 Å². The molecular formula is C12H11N5S. The predicted octanol–water partition coefficient (Wildman–Crippen LogP) is 2.54. The van der Waals surface area contributed by atoms with E-state index in [1.807, 2.05) is 29.1 Å². The highest BCUT2D eigenvalue weighted by atomic mass is 32.1. The van der Waals surface area contributed by atoms with Crippen LogP contribution in [0.1, 0.15) is 5.69 Å². The molecule has 3 heterocycles. The van der Waals surface area contributed by atoms with Gasteiger partial charge in [0.25, 0.3) is 0 Å². The zero-order valence-electron chi connectivity index (χ0n) is 9.50. The van der Waals surface area contributed by atoms with Crippen LogP contribution < -0.4 is 5.32 Å². The summed E-state index contributed by atoms with van der Waals surface area (Å²) in [6.07, 6.45) is 3.52. The topological polar surface area (TPSA) is 66.5 Å². The third-order valence-corrected chi connectivity index (χ3v) is 3.14. The first-order valence-electron chi connectivity index (χ1n) is 5.49. The average molecular weight is 257 g/mol. The van der Waals surface area contributed by atoms with E-state index in [9.17, 15) is 0 Å². The van der Waals surface area contributed by atoms with Crippen LogP contribution in [0.4, 0.5) is 5.69 Å². The number of aromatic amines is 1. The fraction of sp³-hybridized carbons (Fsp3) is 0.0833. The zero-order valence-corrected chi connectivity index (χ0v) is 10.3. The summed E-state index contributed by atoms with van der Waals surface area (Å²) in [5.74, 6) is 0. The maximum Gasteiger partial charge on any atom is 0.107 e. The van der Waals surface area contributed by atoms with Crippen molar-refractivity contribution in [2.24, 2.45) is 0 Å². The van der Waals surface area contributed by atoms with E-state index in [1.165, 1.54) is 0 Å². The lowest BCUT2D eigenvalue weighted by Gasteiger charge is -2.04. The number of hydrogen-bond donors (Lipinski definition) is 2. The maximum atomic E-state index is 4.30. The lowest BCUT2D eigenvalue weighted by molar-refractivity contribution is 1.07. The van der Waals surface area contributed by atoms with Gasteiger partial charge in [-0.15, -0.1) is 11.3 Å². The van der Waals surface area contributed by atoms with E-state index in [0.717, 1.165) is 22.8 Å². The number of thiazole rings is 1. The highest BCUT2D eigenvalue weighted by Crippen LogP contribution is 2.23. The quantitative estimate of drug-likeness (QED) is 0.753. The number of pyridine rings is 1. The maximum absolute atomic E-state index is 4.30. The molecule has 0 amide bonds. The van der Waals surface area contributed by atoms with Crippen LogP contribution in [0.5, 0.6) is 0 Å². The highest BCUT2D eigenvalue weighted by Gasteiger charge is 2.08. The predicted molar refractivity (Wildman–Crippen MR) is 71.3 cm³/mol. The van der Waals surface area contributed by atoms with Crippen LogP contribution in [-0.2, 0) is 6.54 Å². The molecule has 0 aromatic carbocycles. The monoisotopic (exact) mass is 257 g/mol. The lowest BCUT2D eigenvalue weighted by atomic mass is 10.2. The SMILES string of the molecule is c1ccc(-c2[nH]ncc2NCc2cscn2)nc1. The summed E-state index contributed by atoms with van der Waals surface area (Å²) in [7, 11) is 0. The molecule has 18 heavy (non-hydrogen) atoms. The number of nitrogens with zero attached hydrogens (tertiary/aromatic N) is 3. The van der Waals surface area contributed by atoms with Crippen LogP contribution in [-0.4, -0.2) is 20.2 Å². The fourth-order valence-corrected chi connectivity index (χ4v) is 2.20. The first-order chi connectivity index (χ1) is 8.93. The minimum absolute atomic E-state index is 0.683. The van der Waals surface area contributed by atoms with Crippen molar-refractivity contribution in [2.45, 2.75) is 6.54 Å². The normalized spacial score (nSPS) is 10.4. The minimum Gasteiger partial charge on any atom is -0.376 e. The van der Waals surface area contributed by atoms with Crippen molar-refractivity contribution in [3.63, 3.8) is 0 Å². The summed E-state index contributed by atoms with van der Waals surface area (Å²) in [5, 5.41) is 12.3. The Bertz CT molecular complexity index is 602. The van der Waals surface area contributed by atoms with Crippen LogP contribution >= 0.6 is 11.3 Å². The second kappa shape index (κ2) is 4.97. The molecule has 0 spiro atoms. The second-order valence-corrected chi connectivity index (χ2v) is 4.43. The first kappa shape index (κ1) is 10.9. The average Bonchev–Trinajstić information content (AvgIpc) is 3.09. The van der Waals surface area contributed by atoms with Crippen molar-refractivity contribution in [2.75, 3.05) is 5.32 Å². The molecule has 6 heteroatoms. The summed E-state index contributed by atoms with van der Waals surface area (Å²) in [5.41, 5.74) is 5.54. The fourth-order valence-electron chi connectivity index (χ4n) is 1.64. The third-order valence-electron chi connectivity index (χ3n) is 2.50. The van der Waals surface area contributed by atoms with E-state index >= 15 is 0 Å². The third kappa shape index (κ3) is 2.23. The van der Waals surface area contributed by atoms with Gasteiger partial charge in [-0.2, -0.15) is 5.10 Å². The summed E-state index contributed by atoms with van der Waals surface area (Å²) in [4.78, 5) is 8.53. The summed E-state index contributed by atoms with van der Waals surface area (Å²) >= 11 is 1.59. The standard InChI is InChI=1S/C12H11N5S/c1-2-4-13-10(3-1)12-11(6-16-17-12)14-5-9-7-18-8-15-9/h1-4,6-8,14H,5H2,(H,16,17). The number of hydrogen-bond acceptors (Lipinski definition) is 5. The van der Waals surface area contributed by atoms with Gasteiger partial charge >= 0.3 is 0 Å². The number of rotatable bonds is 4. The molecule has 0 saturated heterocycles. The largest absolute Gasteiger partial charge is 0.376 e. The van der Waals surface area contributed by atoms with E-state index in [4.69, 9.17) is 0 Å². The summed E-state index contributed by atoms with van der Waals surface area (Å²) in [6, 6.07) is 5.79. The van der Waals surface area contributed by atoms with Gasteiger partial charge in [-0.25, -0.2) is 4.98 Å². The molecule has 0 unspecified atom stereocenters. The van der Waals surface area contributed by atoms with Crippen molar-refractivity contribution in [3.05, 3.63) is 47.2 Å². The Labute approximate surface area is 108 Å². The summed E-state index contributed by atoms with van der Waals surface area (Å²) < 4.78 is 0. The Morgan fingerprint density at radius 2 is 2.28 bits per heavy atom. The molecule has 0 fully saturated rings. The zero-order chi connectivity index (χ0) is 12.2. The number of anilines is 1. The molecule has 0 aliphatic rings. The van der Waals surface area contributed by atoms with Crippen LogP contribution in [0.15, 0.2) is 41.5 Å². The number of nitrogens with one attached hydrogen (secondary N) is 2. The smallest absolute Gasteiger partial charge is 0.107 e. The van der Waals surface area contributed by atoms with E-state index in [-0.39, 0.29) is 0 Å². The Kier molecular flexibility index (Phi) is 3.01.